The smallest absolute Gasteiger partial charge is 0.261 e. The molecule has 1 aliphatic heterocycles. The Labute approximate surface area is 153 Å². The van der Waals surface area contributed by atoms with E-state index >= 15 is 0 Å². The third-order valence-corrected chi connectivity index (χ3v) is 10.2. The van der Waals surface area contributed by atoms with Crippen molar-refractivity contribution in [3.8, 4) is 0 Å². The van der Waals surface area contributed by atoms with Gasteiger partial charge < -0.3 is 9.16 Å². The van der Waals surface area contributed by atoms with Gasteiger partial charge in [-0.25, -0.2) is 0 Å². The molecular weight excluding hydrogens is 324 g/mol. The molecule has 0 N–H and O–H groups in total. The summed E-state index contributed by atoms with van der Waals surface area (Å²) in [7, 11) is -2.42. The number of rotatable bonds is 5. The Hall–Kier alpha value is -1.42. The molecule has 3 rings (SSSR count). The fraction of sp³-hybridized carbons (Fsp3) is 0.455. The minimum atomic E-state index is -2.42. The summed E-state index contributed by atoms with van der Waals surface area (Å²) in [6.45, 7) is 9.78. The SMILES string of the molecule is CC1CC[C@H](CO[Si](c2ccccc2)(c2ccccc2)C(C)(C)C)O1. The highest BCUT2D eigenvalue weighted by molar-refractivity contribution is 6.99. The van der Waals surface area contributed by atoms with Crippen LogP contribution in [0.3, 0.4) is 0 Å². The van der Waals surface area contributed by atoms with Crippen LogP contribution in [0.2, 0.25) is 5.04 Å². The normalized spacial score (nSPS) is 21.4. The molecule has 0 bridgehead atoms. The molecule has 25 heavy (non-hydrogen) atoms. The molecule has 1 heterocycles. The van der Waals surface area contributed by atoms with E-state index in [1.165, 1.54) is 10.4 Å². The fourth-order valence-electron chi connectivity index (χ4n) is 3.99. The highest BCUT2D eigenvalue weighted by Crippen LogP contribution is 2.37. The van der Waals surface area contributed by atoms with E-state index in [9.17, 15) is 0 Å². The Morgan fingerprint density at radius 2 is 1.44 bits per heavy atom. The summed E-state index contributed by atoms with van der Waals surface area (Å²) < 4.78 is 13.0. The van der Waals surface area contributed by atoms with Gasteiger partial charge in [-0.15, -0.1) is 0 Å². The standard InChI is InChI=1S/C22H30O2Si/c1-18-15-16-19(24-18)17-23-25(22(2,3)4,20-11-7-5-8-12-20)21-13-9-6-10-14-21/h5-14,18-19H,15-17H2,1-4H3/t18?,19-/m1/s1. The zero-order valence-corrected chi connectivity index (χ0v) is 16.9. The highest BCUT2D eigenvalue weighted by atomic mass is 28.4. The van der Waals surface area contributed by atoms with Gasteiger partial charge in [0, 0.05) is 0 Å². The average Bonchev–Trinajstić information content (AvgIpc) is 3.02. The third kappa shape index (κ3) is 3.74. The molecule has 1 fully saturated rings. The number of ether oxygens (including phenoxy) is 1. The Morgan fingerprint density at radius 1 is 0.920 bits per heavy atom. The Balaban J connectivity index is 2.02. The van der Waals surface area contributed by atoms with Gasteiger partial charge in [0.15, 0.2) is 0 Å². The average molecular weight is 355 g/mol. The third-order valence-electron chi connectivity index (χ3n) is 5.22. The molecule has 3 heteroatoms. The van der Waals surface area contributed by atoms with Crippen molar-refractivity contribution in [1.29, 1.82) is 0 Å². The first-order chi connectivity index (χ1) is 11.9. The predicted molar refractivity (Wildman–Crippen MR) is 107 cm³/mol. The summed E-state index contributed by atoms with van der Waals surface area (Å²) >= 11 is 0. The summed E-state index contributed by atoms with van der Waals surface area (Å²) in [5.41, 5.74) is 0. The molecule has 2 atom stereocenters. The van der Waals surface area contributed by atoms with Gasteiger partial charge in [-0.2, -0.15) is 0 Å². The molecule has 2 nitrogen and oxygen atoms in total. The van der Waals surface area contributed by atoms with Crippen LogP contribution in [0.1, 0.15) is 40.5 Å². The molecule has 1 aliphatic rings. The van der Waals surface area contributed by atoms with Crippen molar-refractivity contribution in [2.24, 2.45) is 0 Å². The summed E-state index contributed by atoms with van der Waals surface area (Å²) in [5, 5.41) is 2.69. The summed E-state index contributed by atoms with van der Waals surface area (Å²) in [5.74, 6) is 0. The minimum Gasteiger partial charge on any atom is -0.405 e. The van der Waals surface area contributed by atoms with Crippen LogP contribution in [0, 0.1) is 0 Å². The van der Waals surface area contributed by atoms with Crippen molar-refractivity contribution in [2.45, 2.75) is 57.8 Å². The predicted octanol–water partition coefficient (Wildman–Crippen LogP) is 4.13. The van der Waals surface area contributed by atoms with Crippen molar-refractivity contribution >= 4 is 18.7 Å². The maximum Gasteiger partial charge on any atom is 0.261 e. The molecule has 0 radical (unpaired) electrons. The molecular formula is C22H30O2Si. The van der Waals surface area contributed by atoms with E-state index in [1.54, 1.807) is 0 Å². The Kier molecular flexibility index (Phi) is 5.47. The lowest BCUT2D eigenvalue weighted by atomic mass is 10.2. The highest BCUT2D eigenvalue weighted by Gasteiger charge is 2.50. The van der Waals surface area contributed by atoms with Crippen LogP contribution in [0.25, 0.3) is 0 Å². The molecule has 0 amide bonds. The largest absolute Gasteiger partial charge is 0.405 e. The van der Waals surface area contributed by atoms with Gasteiger partial charge in [0.05, 0.1) is 18.8 Å². The van der Waals surface area contributed by atoms with E-state index in [-0.39, 0.29) is 11.1 Å². The maximum absolute atomic E-state index is 6.91. The second kappa shape index (κ2) is 7.44. The van der Waals surface area contributed by atoms with Gasteiger partial charge in [0.1, 0.15) is 0 Å². The molecule has 0 saturated carbocycles. The lowest BCUT2D eigenvalue weighted by Gasteiger charge is -2.43. The van der Waals surface area contributed by atoms with E-state index in [0.29, 0.717) is 12.7 Å². The molecule has 1 saturated heterocycles. The van der Waals surface area contributed by atoms with Crippen LogP contribution in [0.4, 0.5) is 0 Å². The van der Waals surface area contributed by atoms with Crippen LogP contribution in [-0.4, -0.2) is 27.1 Å². The minimum absolute atomic E-state index is 0.0277. The first-order valence-electron chi connectivity index (χ1n) is 9.34. The van der Waals surface area contributed by atoms with Crippen LogP contribution >= 0.6 is 0 Å². The van der Waals surface area contributed by atoms with E-state index in [0.717, 1.165) is 12.8 Å². The summed E-state index contributed by atoms with van der Waals surface area (Å²) in [6, 6.07) is 21.6. The maximum atomic E-state index is 6.91. The molecule has 134 valence electrons. The Bertz CT molecular complexity index is 624. The molecule has 0 spiro atoms. The Morgan fingerprint density at radius 3 is 1.84 bits per heavy atom. The first-order valence-corrected chi connectivity index (χ1v) is 11.2. The molecule has 0 aromatic heterocycles. The van der Waals surface area contributed by atoms with Crippen LogP contribution in [0.5, 0.6) is 0 Å². The van der Waals surface area contributed by atoms with Crippen LogP contribution in [-0.2, 0) is 9.16 Å². The first kappa shape index (κ1) is 18.4. The molecule has 1 unspecified atom stereocenters. The quantitative estimate of drug-likeness (QED) is 0.752. The topological polar surface area (TPSA) is 18.5 Å². The molecule has 2 aromatic carbocycles. The van der Waals surface area contributed by atoms with Gasteiger partial charge in [-0.3, -0.25) is 0 Å². The van der Waals surface area contributed by atoms with E-state index in [4.69, 9.17) is 9.16 Å². The zero-order chi connectivity index (χ0) is 17.9. The van der Waals surface area contributed by atoms with E-state index in [1.807, 2.05) is 0 Å². The van der Waals surface area contributed by atoms with Crippen molar-refractivity contribution in [1.82, 2.24) is 0 Å². The summed E-state index contributed by atoms with van der Waals surface area (Å²) in [4.78, 5) is 0. The second-order valence-corrected chi connectivity index (χ2v) is 12.4. The number of hydrogen-bond acceptors (Lipinski definition) is 2. The van der Waals surface area contributed by atoms with Crippen LogP contribution < -0.4 is 10.4 Å². The fourth-order valence-corrected chi connectivity index (χ4v) is 8.58. The van der Waals surface area contributed by atoms with Gasteiger partial charge in [0.2, 0.25) is 0 Å². The van der Waals surface area contributed by atoms with Gasteiger partial charge in [-0.05, 0) is 35.2 Å². The zero-order valence-electron chi connectivity index (χ0n) is 15.9. The van der Waals surface area contributed by atoms with Gasteiger partial charge in [0.25, 0.3) is 8.32 Å². The molecule has 2 aromatic rings. The monoisotopic (exact) mass is 354 g/mol. The summed E-state index contributed by atoms with van der Waals surface area (Å²) in [6.07, 6.45) is 2.80. The number of hydrogen-bond donors (Lipinski definition) is 0. The van der Waals surface area contributed by atoms with Crippen molar-refractivity contribution in [3.63, 3.8) is 0 Å². The van der Waals surface area contributed by atoms with Gasteiger partial charge in [-0.1, -0.05) is 81.4 Å². The van der Waals surface area contributed by atoms with Crippen molar-refractivity contribution in [2.75, 3.05) is 6.61 Å². The van der Waals surface area contributed by atoms with Crippen LogP contribution in [0.15, 0.2) is 60.7 Å². The lowest BCUT2D eigenvalue weighted by Crippen LogP contribution is -2.67. The molecule has 0 aliphatic carbocycles. The number of benzene rings is 2. The second-order valence-electron chi connectivity index (χ2n) is 8.12. The van der Waals surface area contributed by atoms with E-state index in [2.05, 4.69) is 88.4 Å². The van der Waals surface area contributed by atoms with E-state index < -0.39 is 8.32 Å². The lowest BCUT2D eigenvalue weighted by molar-refractivity contribution is 0.0240. The van der Waals surface area contributed by atoms with Crippen molar-refractivity contribution in [3.05, 3.63) is 60.7 Å². The van der Waals surface area contributed by atoms with Crippen molar-refractivity contribution < 1.29 is 9.16 Å². The van der Waals surface area contributed by atoms with Gasteiger partial charge >= 0.3 is 0 Å².